The number of hydrogen-bond acceptors (Lipinski definition) is 2. The Bertz CT molecular complexity index is 744. The lowest BCUT2D eigenvalue weighted by Crippen LogP contribution is -2.04. The molecule has 0 amide bonds. The summed E-state index contributed by atoms with van der Waals surface area (Å²) in [5.74, 6) is 0. The molecule has 2 heterocycles. The van der Waals surface area contributed by atoms with Crippen molar-refractivity contribution in [2.24, 2.45) is 5.73 Å². The first-order valence-corrected chi connectivity index (χ1v) is 6.97. The zero-order valence-corrected chi connectivity index (χ0v) is 12.1. The molecule has 0 saturated heterocycles. The van der Waals surface area contributed by atoms with Gasteiger partial charge < -0.3 is 10.1 Å². The molecule has 0 atom stereocenters. The highest BCUT2D eigenvalue weighted by Crippen LogP contribution is 2.19. The van der Waals surface area contributed by atoms with E-state index in [-0.39, 0.29) is 0 Å². The summed E-state index contributed by atoms with van der Waals surface area (Å²) in [6, 6.07) is 11.9. The molecule has 3 aromatic rings. The van der Waals surface area contributed by atoms with Gasteiger partial charge in [0.1, 0.15) is 5.65 Å². The largest absolute Gasteiger partial charge is 0.325 e. The Hall–Kier alpha value is -1.84. The summed E-state index contributed by atoms with van der Waals surface area (Å²) in [5, 5.41) is 0.749. The number of nitrogens with two attached hydrogens (primary N) is 1. The fourth-order valence-corrected chi connectivity index (χ4v) is 2.58. The zero-order chi connectivity index (χ0) is 14.1. The number of pyridine rings is 1. The van der Waals surface area contributed by atoms with Gasteiger partial charge in [-0.15, -0.1) is 0 Å². The number of nitrogens with zero attached hydrogens (tertiary/aromatic N) is 2. The third-order valence-electron chi connectivity index (χ3n) is 3.51. The van der Waals surface area contributed by atoms with Gasteiger partial charge in [-0.25, -0.2) is 4.98 Å². The summed E-state index contributed by atoms with van der Waals surface area (Å²) in [6.45, 7) is 2.54. The maximum absolute atomic E-state index is 5.92. The van der Waals surface area contributed by atoms with Crippen LogP contribution in [-0.4, -0.2) is 9.38 Å². The zero-order valence-electron chi connectivity index (χ0n) is 11.3. The number of fused-ring (bicyclic) bond motifs is 1. The lowest BCUT2D eigenvalue weighted by Gasteiger charge is -2.03. The van der Waals surface area contributed by atoms with Crippen LogP contribution in [0.15, 0.2) is 42.6 Å². The number of rotatable bonds is 3. The topological polar surface area (TPSA) is 43.3 Å². The van der Waals surface area contributed by atoms with E-state index in [1.807, 2.05) is 36.5 Å². The van der Waals surface area contributed by atoms with Gasteiger partial charge in [0.2, 0.25) is 0 Å². The van der Waals surface area contributed by atoms with Crippen LogP contribution in [0.25, 0.3) is 5.65 Å². The molecule has 0 spiro atoms. The van der Waals surface area contributed by atoms with Gasteiger partial charge in [-0.05, 0) is 36.2 Å². The van der Waals surface area contributed by atoms with Crippen molar-refractivity contribution in [2.45, 2.75) is 19.9 Å². The van der Waals surface area contributed by atoms with Crippen molar-refractivity contribution in [3.8, 4) is 0 Å². The first-order valence-electron chi connectivity index (χ1n) is 6.59. The highest BCUT2D eigenvalue weighted by molar-refractivity contribution is 6.30. The molecule has 0 fully saturated rings. The van der Waals surface area contributed by atoms with Gasteiger partial charge in [-0.1, -0.05) is 29.8 Å². The number of hydrogen-bond donors (Lipinski definition) is 1. The molecule has 0 aliphatic heterocycles. The molecule has 1 aromatic carbocycles. The Morgan fingerprint density at radius 3 is 2.65 bits per heavy atom. The second-order valence-electron chi connectivity index (χ2n) is 4.90. The predicted molar refractivity (Wildman–Crippen MR) is 82.1 cm³/mol. The van der Waals surface area contributed by atoms with Crippen molar-refractivity contribution >= 4 is 17.2 Å². The summed E-state index contributed by atoms with van der Waals surface area (Å²) in [6.07, 6.45) is 2.79. The standard InChI is InChI=1S/C16H16ClN3/c1-11-3-2-8-20-15(10-18)14(19-16(11)20)9-12-4-6-13(17)7-5-12/h2-8H,9-10,18H2,1H3. The Kier molecular flexibility index (Phi) is 3.47. The van der Waals surface area contributed by atoms with Crippen LogP contribution in [0.3, 0.4) is 0 Å². The number of aromatic nitrogens is 2. The second kappa shape index (κ2) is 5.27. The molecule has 2 aromatic heterocycles. The maximum Gasteiger partial charge on any atom is 0.140 e. The minimum Gasteiger partial charge on any atom is -0.325 e. The van der Waals surface area contributed by atoms with Crippen LogP contribution >= 0.6 is 11.6 Å². The van der Waals surface area contributed by atoms with Crippen LogP contribution in [0.5, 0.6) is 0 Å². The third kappa shape index (κ3) is 2.30. The molecule has 0 aliphatic carbocycles. The van der Waals surface area contributed by atoms with E-state index in [2.05, 4.69) is 17.4 Å². The van der Waals surface area contributed by atoms with Crippen molar-refractivity contribution in [1.29, 1.82) is 0 Å². The van der Waals surface area contributed by atoms with Crippen LogP contribution in [-0.2, 0) is 13.0 Å². The monoisotopic (exact) mass is 285 g/mol. The Morgan fingerprint density at radius 2 is 1.95 bits per heavy atom. The molecule has 3 rings (SSSR count). The van der Waals surface area contributed by atoms with Gasteiger partial charge in [0.15, 0.2) is 0 Å². The lowest BCUT2D eigenvalue weighted by atomic mass is 10.1. The average molecular weight is 286 g/mol. The molecular weight excluding hydrogens is 270 g/mol. The van der Waals surface area contributed by atoms with Gasteiger partial charge in [-0.3, -0.25) is 0 Å². The fraction of sp³-hybridized carbons (Fsp3) is 0.188. The van der Waals surface area contributed by atoms with E-state index in [1.165, 1.54) is 5.56 Å². The average Bonchev–Trinajstić information content (AvgIpc) is 2.80. The summed E-state index contributed by atoms with van der Waals surface area (Å²) in [7, 11) is 0. The van der Waals surface area contributed by atoms with Crippen molar-refractivity contribution in [3.63, 3.8) is 0 Å². The first kappa shape index (κ1) is 13.2. The van der Waals surface area contributed by atoms with E-state index < -0.39 is 0 Å². The fourth-order valence-electron chi connectivity index (χ4n) is 2.45. The van der Waals surface area contributed by atoms with E-state index in [0.29, 0.717) is 6.54 Å². The molecule has 20 heavy (non-hydrogen) atoms. The van der Waals surface area contributed by atoms with E-state index in [9.17, 15) is 0 Å². The van der Waals surface area contributed by atoms with Gasteiger partial charge in [0.25, 0.3) is 0 Å². The first-order chi connectivity index (χ1) is 9.69. The Balaban J connectivity index is 2.07. The molecule has 0 radical (unpaired) electrons. The van der Waals surface area contributed by atoms with E-state index in [0.717, 1.165) is 34.0 Å². The molecule has 0 saturated carbocycles. The Morgan fingerprint density at radius 1 is 1.20 bits per heavy atom. The molecule has 0 bridgehead atoms. The minimum absolute atomic E-state index is 0.480. The number of imidazole rings is 1. The molecule has 4 heteroatoms. The van der Waals surface area contributed by atoms with Crippen molar-refractivity contribution in [2.75, 3.05) is 0 Å². The van der Waals surface area contributed by atoms with Gasteiger partial charge in [0, 0.05) is 24.2 Å². The number of benzene rings is 1. The van der Waals surface area contributed by atoms with Gasteiger partial charge >= 0.3 is 0 Å². The number of aryl methyl sites for hydroxylation is 1. The third-order valence-corrected chi connectivity index (χ3v) is 3.76. The van der Waals surface area contributed by atoms with Crippen LogP contribution in [0.2, 0.25) is 5.02 Å². The highest BCUT2D eigenvalue weighted by atomic mass is 35.5. The van der Waals surface area contributed by atoms with Crippen LogP contribution in [0.4, 0.5) is 0 Å². The van der Waals surface area contributed by atoms with Gasteiger partial charge in [-0.2, -0.15) is 0 Å². The SMILES string of the molecule is Cc1cccn2c(CN)c(Cc3ccc(Cl)cc3)nc12. The summed E-state index contributed by atoms with van der Waals surface area (Å²) in [5.41, 5.74) is 11.3. The molecule has 102 valence electrons. The lowest BCUT2D eigenvalue weighted by molar-refractivity contribution is 0.924. The second-order valence-corrected chi connectivity index (χ2v) is 5.33. The van der Waals surface area contributed by atoms with E-state index in [4.69, 9.17) is 22.3 Å². The Labute approximate surface area is 123 Å². The van der Waals surface area contributed by atoms with Gasteiger partial charge in [0.05, 0.1) is 11.4 Å². The predicted octanol–water partition coefficient (Wildman–Crippen LogP) is 3.35. The summed E-state index contributed by atoms with van der Waals surface area (Å²) in [4.78, 5) is 4.75. The smallest absolute Gasteiger partial charge is 0.140 e. The molecule has 3 nitrogen and oxygen atoms in total. The van der Waals surface area contributed by atoms with E-state index >= 15 is 0 Å². The minimum atomic E-state index is 0.480. The molecular formula is C16H16ClN3. The van der Waals surface area contributed by atoms with Crippen molar-refractivity contribution in [1.82, 2.24) is 9.38 Å². The molecule has 0 aliphatic rings. The van der Waals surface area contributed by atoms with Crippen LogP contribution in [0.1, 0.15) is 22.5 Å². The van der Waals surface area contributed by atoms with Crippen LogP contribution in [0, 0.1) is 6.92 Å². The van der Waals surface area contributed by atoms with Crippen LogP contribution < -0.4 is 5.73 Å². The van der Waals surface area contributed by atoms with E-state index in [1.54, 1.807) is 0 Å². The highest BCUT2D eigenvalue weighted by Gasteiger charge is 2.12. The quantitative estimate of drug-likeness (QED) is 0.802. The van der Waals surface area contributed by atoms with Crippen molar-refractivity contribution < 1.29 is 0 Å². The van der Waals surface area contributed by atoms with Crippen molar-refractivity contribution in [3.05, 3.63) is 70.1 Å². The normalized spacial score (nSPS) is 11.2. The maximum atomic E-state index is 5.92. The number of halogens is 1. The molecule has 2 N–H and O–H groups in total. The summed E-state index contributed by atoms with van der Waals surface area (Å²) >= 11 is 5.92. The molecule has 0 unspecified atom stereocenters. The summed E-state index contributed by atoms with van der Waals surface area (Å²) < 4.78 is 2.08.